The van der Waals surface area contributed by atoms with Gasteiger partial charge in [-0.25, -0.2) is 4.98 Å². The Morgan fingerprint density at radius 1 is 1.24 bits per heavy atom. The van der Waals surface area contributed by atoms with E-state index in [-0.39, 0.29) is 24.0 Å². The van der Waals surface area contributed by atoms with Crippen LogP contribution in [-0.2, 0) is 6.54 Å². The SMILES string of the molecule is CN=C(NCc1cn2c(C)cccc2n1)NC1CCN(c2ccc(Br)cc2)C1.I. The molecule has 1 saturated heterocycles. The van der Waals surface area contributed by atoms with Crippen molar-refractivity contribution in [3.05, 3.63) is 64.5 Å². The molecule has 0 saturated carbocycles. The number of hydrogen-bond acceptors (Lipinski definition) is 3. The van der Waals surface area contributed by atoms with Crippen LogP contribution >= 0.6 is 39.9 Å². The van der Waals surface area contributed by atoms with Crippen molar-refractivity contribution in [1.29, 1.82) is 0 Å². The number of anilines is 1. The summed E-state index contributed by atoms with van der Waals surface area (Å²) in [5, 5.41) is 6.94. The van der Waals surface area contributed by atoms with Crippen molar-refractivity contribution >= 4 is 57.2 Å². The van der Waals surface area contributed by atoms with Gasteiger partial charge in [-0.2, -0.15) is 0 Å². The monoisotopic (exact) mass is 568 g/mol. The van der Waals surface area contributed by atoms with Crippen LogP contribution in [0, 0.1) is 6.92 Å². The van der Waals surface area contributed by atoms with Crippen molar-refractivity contribution in [2.45, 2.75) is 25.9 Å². The van der Waals surface area contributed by atoms with E-state index in [9.17, 15) is 0 Å². The van der Waals surface area contributed by atoms with E-state index in [0.29, 0.717) is 12.6 Å². The van der Waals surface area contributed by atoms with E-state index < -0.39 is 0 Å². The number of pyridine rings is 1. The van der Waals surface area contributed by atoms with Crippen LogP contribution in [-0.4, -0.2) is 41.5 Å². The number of aliphatic imine (C=N–C) groups is 1. The number of nitrogens with zero attached hydrogens (tertiary/aromatic N) is 4. The summed E-state index contributed by atoms with van der Waals surface area (Å²) in [6, 6.07) is 15.0. The zero-order valence-electron chi connectivity index (χ0n) is 16.6. The summed E-state index contributed by atoms with van der Waals surface area (Å²) < 4.78 is 3.22. The smallest absolute Gasteiger partial charge is 0.191 e. The average molecular weight is 569 g/mol. The number of fused-ring (bicyclic) bond motifs is 1. The number of hydrogen-bond donors (Lipinski definition) is 2. The molecule has 2 aromatic heterocycles. The zero-order valence-corrected chi connectivity index (χ0v) is 20.5. The predicted octanol–water partition coefficient (Wildman–Crippen LogP) is 3.97. The Morgan fingerprint density at radius 3 is 2.76 bits per heavy atom. The van der Waals surface area contributed by atoms with Crippen LogP contribution in [0.1, 0.15) is 17.8 Å². The first kappa shape index (κ1) is 21.9. The quantitative estimate of drug-likeness (QED) is 0.284. The molecule has 1 atom stereocenters. The summed E-state index contributed by atoms with van der Waals surface area (Å²) in [4.78, 5) is 11.5. The molecule has 0 spiro atoms. The maximum Gasteiger partial charge on any atom is 0.191 e. The van der Waals surface area contributed by atoms with Crippen LogP contribution in [0.15, 0.2) is 58.1 Å². The van der Waals surface area contributed by atoms with Crippen molar-refractivity contribution in [2.75, 3.05) is 25.0 Å². The molecule has 2 N–H and O–H groups in total. The molecule has 1 aliphatic heterocycles. The number of halogens is 2. The number of rotatable bonds is 4. The molecule has 0 bridgehead atoms. The standard InChI is InChI=1S/C21H25BrN6.HI/c1-15-4-3-5-20-25-18(14-28(15)20)12-24-21(23-2)26-17-10-11-27(13-17)19-8-6-16(22)7-9-19;/h3-9,14,17H,10-13H2,1-2H3,(H2,23,24,26);1H. The normalized spacial score (nSPS) is 16.7. The van der Waals surface area contributed by atoms with Crippen molar-refractivity contribution < 1.29 is 0 Å². The van der Waals surface area contributed by atoms with Crippen LogP contribution < -0.4 is 15.5 Å². The fourth-order valence-electron chi connectivity index (χ4n) is 3.61. The first-order valence-corrected chi connectivity index (χ1v) is 10.3. The maximum atomic E-state index is 4.68. The highest BCUT2D eigenvalue weighted by atomic mass is 127. The molecule has 8 heteroatoms. The highest BCUT2D eigenvalue weighted by Crippen LogP contribution is 2.22. The van der Waals surface area contributed by atoms with Gasteiger partial charge < -0.3 is 19.9 Å². The molecule has 1 unspecified atom stereocenters. The van der Waals surface area contributed by atoms with Crippen molar-refractivity contribution in [3.8, 4) is 0 Å². The second kappa shape index (κ2) is 9.80. The molecule has 29 heavy (non-hydrogen) atoms. The molecular weight excluding hydrogens is 543 g/mol. The molecule has 0 amide bonds. The van der Waals surface area contributed by atoms with E-state index in [4.69, 9.17) is 0 Å². The third-order valence-corrected chi connectivity index (χ3v) is 5.66. The second-order valence-corrected chi connectivity index (χ2v) is 8.02. The molecule has 6 nitrogen and oxygen atoms in total. The minimum absolute atomic E-state index is 0. The van der Waals surface area contributed by atoms with Crippen molar-refractivity contribution in [3.63, 3.8) is 0 Å². The van der Waals surface area contributed by atoms with E-state index in [0.717, 1.165) is 41.3 Å². The third kappa shape index (κ3) is 5.22. The topological polar surface area (TPSA) is 57.0 Å². The fourth-order valence-corrected chi connectivity index (χ4v) is 3.88. The molecule has 0 radical (unpaired) electrons. The predicted molar refractivity (Wildman–Crippen MR) is 133 cm³/mol. The number of nitrogens with one attached hydrogen (secondary N) is 2. The van der Waals surface area contributed by atoms with Crippen LogP contribution in [0.4, 0.5) is 5.69 Å². The highest BCUT2D eigenvalue weighted by molar-refractivity contribution is 14.0. The van der Waals surface area contributed by atoms with Gasteiger partial charge in [0.15, 0.2) is 5.96 Å². The van der Waals surface area contributed by atoms with Gasteiger partial charge in [-0.05, 0) is 49.7 Å². The zero-order chi connectivity index (χ0) is 19.5. The Morgan fingerprint density at radius 2 is 2.03 bits per heavy atom. The third-order valence-electron chi connectivity index (χ3n) is 5.13. The summed E-state index contributed by atoms with van der Waals surface area (Å²) in [7, 11) is 1.81. The van der Waals surface area contributed by atoms with Crippen LogP contribution in [0.3, 0.4) is 0 Å². The van der Waals surface area contributed by atoms with Crippen molar-refractivity contribution in [1.82, 2.24) is 20.0 Å². The van der Waals surface area contributed by atoms with E-state index in [1.807, 2.05) is 19.2 Å². The first-order valence-electron chi connectivity index (χ1n) is 9.53. The lowest BCUT2D eigenvalue weighted by atomic mass is 10.3. The molecule has 1 fully saturated rings. The minimum atomic E-state index is 0. The summed E-state index contributed by atoms with van der Waals surface area (Å²) in [5.41, 5.74) is 4.41. The fraction of sp³-hybridized carbons (Fsp3) is 0.333. The van der Waals surface area contributed by atoms with E-state index in [1.165, 1.54) is 11.4 Å². The van der Waals surface area contributed by atoms with Gasteiger partial charge in [0.25, 0.3) is 0 Å². The van der Waals surface area contributed by atoms with Gasteiger partial charge in [0, 0.05) is 48.2 Å². The Hall–Kier alpha value is -1.81. The van der Waals surface area contributed by atoms with Gasteiger partial charge in [0.2, 0.25) is 0 Å². The molecule has 4 rings (SSSR count). The number of aromatic nitrogens is 2. The number of guanidine groups is 1. The summed E-state index contributed by atoms with van der Waals surface area (Å²) in [5.74, 6) is 0.816. The molecule has 1 aromatic carbocycles. The Kier molecular flexibility index (Phi) is 7.39. The average Bonchev–Trinajstić information content (AvgIpc) is 3.33. The van der Waals surface area contributed by atoms with E-state index >= 15 is 0 Å². The largest absolute Gasteiger partial charge is 0.369 e. The van der Waals surface area contributed by atoms with E-state index in [2.05, 4.69) is 89.3 Å². The first-order chi connectivity index (χ1) is 13.6. The molecule has 3 heterocycles. The Balaban J connectivity index is 0.00000240. The molecule has 1 aliphatic rings. The number of aryl methyl sites for hydroxylation is 1. The molecular formula is C21H26BrIN6. The van der Waals surface area contributed by atoms with Crippen LogP contribution in [0.25, 0.3) is 5.65 Å². The van der Waals surface area contributed by atoms with Gasteiger partial charge in [0.1, 0.15) is 5.65 Å². The van der Waals surface area contributed by atoms with Crippen molar-refractivity contribution in [2.24, 2.45) is 4.99 Å². The summed E-state index contributed by atoms with van der Waals surface area (Å²) in [6.07, 6.45) is 3.17. The van der Waals surface area contributed by atoms with Gasteiger partial charge in [-0.15, -0.1) is 24.0 Å². The summed E-state index contributed by atoms with van der Waals surface area (Å²) in [6.45, 7) is 4.74. The van der Waals surface area contributed by atoms with Crippen LogP contribution in [0.2, 0.25) is 0 Å². The Labute approximate surface area is 197 Å². The molecule has 154 valence electrons. The Bertz CT molecular complexity index is 985. The molecule has 0 aliphatic carbocycles. The lowest BCUT2D eigenvalue weighted by molar-refractivity contribution is 0.647. The molecule has 3 aromatic rings. The highest BCUT2D eigenvalue weighted by Gasteiger charge is 2.23. The lowest BCUT2D eigenvalue weighted by Gasteiger charge is -2.20. The second-order valence-electron chi connectivity index (χ2n) is 7.11. The lowest BCUT2D eigenvalue weighted by Crippen LogP contribution is -2.44. The van der Waals surface area contributed by atoms with Gasteiger partial charge in [0.05, 0.1) is 12.2 Å². The number of benzene rings is 1. The van der Waals surface area contributed by atoms with Gasteiger partial charge in [-0.1, -0.05) is 22.0 Å². The van der Waals surface area contributed by atoms with Crippen LogP contribution in [0.5, 0.6) is 0 Å². The minimum Gasteiger partial charge on any atom is -0.369 e. The maximum absolute atomic E-state index is 4.68. The van der Waals surface area contributed by atoms with Gasteiger partial charge >= 0.3 is 0 Å². The summed E-state index contributed by atoms with van der Waals surface area (Å²) >= 11 is 3.50. The number of imidazole rings is 1. The van der Waals surface area contributed by atoms with E-state index in [1.54, 1.807) is 0 Å². The van der Waals surface area contributed by atoms with Gasteiger partial charge in [-0.3, -0.25) is 4.99 Å².